The molecule has 0 fully saturated rings. The Hall–Kier alpha value is -3.97. The van der Waals surface area contributed by atoms with Crippen molar-refractivity contribution >= 4 is 17.2 Å². The van der Waals surface area contributed by atoms with Gasteiger partial charge in [0.25, 0.3) is 0 Å². The third-order valence-corrected chi connectivity index (χ3v) is 6.29. The maximum absolute atomic E-state index is 13.0. The number of likely N-dealkylation sites (N-methyl/N-ethyl adjacent to an activating group) is 1. The van der Waals surface area contributed by atoms with Gasteiger partial charge in [-0.3, -0.25) is 4.79 Å². The standard InChI is InChI=1S/C26H23N5OS/c1-29(25(32)15-20-16-27-30(17-20)22-9-4-2-5-10-22)18-21-19-31(23-11-6-3-7-12-23)28-26(21)24-13-8-14-33-24/h2-14,16-17,19H,15,18H2,1H3. The van der Waals surface area contributed by atoms with Crippen LogP contribution in [0.3, 0.4) is 0 Å². The molecule has 0 radical (unpaired) electrons. The van der Waals surface area contributed by atoms with Crippen molar-refractivity contribution in [2.24, 2.45) is 0 Å². The average molecular weight is 454 g/mol. The molecule has 0 aliphatic carbocycles. The minimum atomic E-state index is 0.0344. The Morgan fingerprint density at radius 1 is 0.909 bits per heavy atom. The third kappa shape index (κ3) is 4.63. The molecule has 0 N–H and O–H groups in total. The first-order valence-corrected chi connectivity index (χ1v) is 11.6. The third-order valence-electron chi connectivity index (χ3n) is 5.41. The van der Waals surface area contributed by atoms with E-state index in [4.69, 9.17) is 5.10 Å². The van der Waals surface area contributed by atoms with E-state index >= 15 is 0 Å². The molecule has 2 aromatic carbocycles. The van der Waals surface area contributed by atoms with Gasteiger partial charge >= 0.3 is 0 Å². The second-order valence-corrected chi connectivity index (χ2v) is 8.76. The summed E-state index contributed by atoms with van der Waals surface area (Å²) < 4.78 is 3.67. The second kappa shape index (κ2) is 9.26. The van der Waals surface area contributed by atoms with Crippen LogP contribution in [-0.2, 0) is 17.8 Å². The number of benzene rings is 2. The predicted molar refractivity (Wildman–Crippen MR) is 131 cm³/mol. The van der Waals surface area contributed by atoms with Crippen molar-refractivity contribution in [1.82, 2.24) is 24.5 Å². The number of aromatic nitrogens is 4. The van der Waals surface area contributed by atoms with Crippen LogP contribution in [0, 0.1) is 0 Å². The van der Waals surface area contributed by atoms with Crippen molar-refractivity contribution in [3.63, 3.8) is 0 Å². The Balaban J connectivity index is 1.34. The van der Waals surface area contributed by atoms with E-state index in [0.29, 0.717) is 13.0 Å². The van der Waals surface area contributed by atoms with Gasteiger partial charge in [0.1, 0.15) is 5.69 Å². The van der Waals surface area contributed by atoms with E-state index in [2.05, 4.69) is 11.2 Å². The zero-order chi connectivity index (χ0) is 22.6. The molecule has 5 rings (SSSR count). The van der Waals surface area contributed by atoms with Gasteiger partial charge in [-0.05, 0) is 41.3 Å². The quantitative estimate of drug-likeness (QED) is 0.349. The van der Waals surface area contributed by atoms with Crippen LogP contribution in [0.15, 0.2) is 96.8 Å². The molecule has 164 valence electrons. The van der Waals surface area contributed by atoms with E-state index in [9.17, 15) is 4.79 Å². The molecule has 1 amide bonds. The van der Waals surface area contributed by atoms with Gasteiger partial charge in [0, 0.05) is 31.5 Å². The number of nitrogens with zero attached hydrogens (tertiary/aromatic N) is 5. The second-order valence-electron chi connectivity index (χ2n) is 7.82. The highest BCUT2D eigenvalue weighted by Gasteiger charge is 2.18. The van der Waals surface area contributed by atoms with Crippen molar-refractivity contribution in [3.8, 4) is 21.9 Å². The molecule has 3 heterocycles. The van der Waals surface area contributed by atoms with Crippen molar-refractivity contribution in [2.45, 2.75) is 13.0 Å². The monoisotopic (exact) mass is 453 g/mol. The summed E-state index contributed by atoms with van der Waals surface area (Å²) >= 11 is 1.65. The largest absolute Gasteiger partial charge is 0.341 e. The lowest BCUT2D eigenvalue weighted by Gasteiger charge is -2.16. The molecule has 0 aliphatic heterocycles. The van der Waals surface area contributed by atoms with E-state index < -0.39 is 0 Å². The minimum Gasteiger partial charge on any atom is -0.341 e. The maximum atomic E-state index is 13.0. The molecule has 0 atom stereocenters. The van der Waals surface area contributed by atoms with Crippen LogP contribution >= 0.6 is 11.3 Å². The van der Waals surface area contributed by atoms with Gasteiger partial charge in [0.2, 0.25) is 5.91 Å². The molecule has 0 aliphatic rings. The zero-order valence-corrected chi connectivity index (χ0v) is 19.0. The number of hydrogen-bond donors (Lipinski definition) is 0. The van der Waals surface area contributed by atoms with Gasteiger partial charge < -0.3 is 4.90 Å². The lowest BCUT2D eigenvalue weighted by atomic mass is 10.2. The molecule has 5 aromatic rings. The van der Waals surface area contributed by atoms with Gasteiger partial charge in [-0.25, -0.2) is 9.36 Å². The molecule has 6 nitrogen and oxygen atoms in total. The Morgan fingerprint density at radius 3 is 2.27 bits per heavy atom. The minimum absolute atomic E-state index is 0.0344. The molecule has 3 aromatic heterocycles. The highest BCUT2D eigenvalue weighted by Crippen LogP contribution is 2.28. The first-order valence-electron chi connectivity index (χ1n) is 10.7. The summed E-state index contributed by atoms with van der Waals surface area (Å²) in [6.07, 6.45) is 5.97. The predicted octanol–water partition coefficient (Wildman–Crippen LogP) is 4.99. The number of hydrogen-bond acceptors (Lipinski definition) is 4. The van der Waals surface area contributed by atoms with E-state index in [0.717, 1.165) is 33.1 Å². The summed E-state index contributed by atoms with van der Waals surface area (Å²) in [7, 11) is 1.84. The highest BCUT2D eigenvalue weighted by molar-refractivity contribution is 7.13. The van der Waals surface area contributed by atoms with Crippen molar-refractivity contribution < 1.29 is 4.79 Å². The molecule has 7 heteroatoms. The summed E-state index contributed by atoms with van der Waals surface area (Å²) in [6.45, 7) is 0.478. The summed E-state index contributed by atoms with van der Waals surface area (Å²) in [5, 5.41) is 11.3. The van der Waals surface area contributed by atoms with Crippen molar-refractivity contribution in [3.05, 3.63) is 108 Å². The van der Waals surface area contributed by atoms with Gasteiger partial charge in [0.05, 0.1) is 28.9 Å². The van der Waals surface area contributed by atoms with E-state index in [1.165, 1.54) is 0 Å². The smallest absolute Gasteiger partial charge is 0.227 e. The summed E-state index contributed by atoms with van der Waals surface area (Å²) in [5.41, 5.74) is 4.76. The van der Waals surface area contributed by atoms with Crippen LogP contribution in [0.4, 0.5) is 0 Å². The van der Waals surface area contributed by atoms with Crippen LogP contribution in [-0.4, -0.2) is 37.4 Å². The highest BCUT2D eigenvalue weighted by atomic mass is 32.1. The van der Waals surface area contributed by atoms with Crippen LogP contribution in [0.25, 0.3) is 21.9 Å². The molecule has 0 saturated heterocycles. The summed E-state index contributed by atoms with van der Waals surface area (Å²) in [5.74, 6) is 0.0344. The number of amides is 1. The number of thiophene rings is 1. The summed E-state index contributed by atoms with van der Waals surface area (Å²) in [4.78, 5) is 15.8. The fraction of sp³-hybridized carbons (Fsp3) is 0.115. The lowest BCUT2D eigenvalue weighted by Crippen LogP contribution is -2.27. The lowest BCUT2D eigenvalue weighted by molar-refractivity contribution is -0.129. The Bertz CT molecular complexity index is 1340. The number of rotatable bonds is 7. The molecule has 0 bridgehead atoms. The number of carbonyl (C=O) groups is 1. The van der Waals surface area contributed by atoms with Crippen LogP contribution < -0.4 is 0 Å². The SMILES string of the molecule is CN(Cc1cn(-c2ccccc2)nc1-c1cccs1)C(=O)Cc1cnn(-c2ccccc2)c1. The fourth-order valence-electron chi connectivity index (χ4n) is 3.69. The molecular formula is C26H23N5OS. The summed E-state index contributed by atoms with van der Waals surface area (Å²) in [6, 6.07) is 24.0. The van der Waals surface area contributed by atoms with Gasteiger partial charge in [0.15, 0.2) is 0 Å². The number of para-hydroxylation sites is 2. The normalized spacial score (nSPS) is 10.9. The van der Waals surface area contributed by atoms with Gasteiger partial charge in [-0.1, -0.05) is 42.5 Å². The van der Waals surface area contributed by atoms with E-state index in [1.54, 1.807) is 27.1 Å². The first kappa shape index (κ1) is 20.9. The number of carbonyl (C=O) groups excluding carboxylic acids is 1. The van der Waals surface area contributed by atoms with E-state index in [-0.39, 0.29) is 5.91 Å². The topological polar surface area (TPSA) is 56.0 Å². The Labute approximate surface area is 196 Å². The zero-order valence-electron chi connectivity index (χ0n) is 18.2. The van der Waals surface area contributed by atoms with Crippen LogP contribution in [0.2, 0.25) is 0 Å². The fourth-order valence-corrected chi connectivity index (χ4v) is 4.43. The van der Waals surface area contributed by atoms with Crippen molar-refractivity contribution in [1.29, 1.82) is 0 Å². The van der Waals surface area contributed by atoms with Crippen molar-refractivity contribution in [2.75, 3.05) is 7.05 Å². The van der Waals surface area contributed by atoms with Gasteiger partial charge in [-0.15, -0.1) is 11.3 Å². The molecule has 0 saturated carbocycles. The Morgan fingerprint density at radius 2 is 1.61 bits per heavy atom. The molecule has 0 spiro atoms. The molecular weight excluding hydrogens is 430 g/mol. The molecule has 0 unspecified atom stereocenters. The maximum Gasteiger partial charge on any atom is 0.227 e. The first-order chi connectivity index (χ1) is 16.2. The van der Waals surface area contributed by atoms with Crippen LogP contribution in [0.1, 0.15) is 11.1 Å². The van der Waals surface area contributed by atoms with Crippen LogP contribution in [0.5, 0.6) is 0 Å². The average Bonchev–Trinajstić information content (AvgIpc) is 3.61. The molecule has 33 heavy (non-hydrogen) atoms. The van der Waals surface area contributed by atoms with E-state index in [1.807, 2.05) is 96.2 Å². The van der Waals surface area contributed by atoms with Gasteiger partial charge in [-0.2, -0.15) is 10.2 Å². The Kier molecular flexibility index (Phi) is 5.87.